The molecule has 1 heterocycles. The molecule has 34 heavy (non-hydrogen) atoms. The highest BCUT2D eigenvalue weighted by atomic mass is 16.2. The van der Waals surface area contributed by atoms with E-state index in [2.05, 4.69) is 16.0 Å². The van der Waals surface area contributed by atoms with Gasteiger partial charge in [0.2, 0.25) is 17.6 Å². The maximum absolute atomic E-state index is 12.8. The van der Waals surface area contributed by atoms with E-state index in [1.165, 1.54) is 11.8 Å². The molecule has 4 amide bonds. The minimum absolute atomic E-state index is 0.200. The number of nitrogens with zero attached hydrogens (tertiary/aromatic N) is 1. The van der Waals surface area contributed by atoms with Gasteiger partial charge in [-0.15, -0.1) is 0 Å². The van der Waals surface area contributed by atoms with Gasteiger partial charge in [-0.3, -0.25) is 24.0 Å². The number of hydrogen-bond acceptors (Lipinski definition) is 5. The fourth-order valence-electron chi connectivity index (χ4n) is 3.68. The molecule has 2 atom stereocenters. The number of Topliss-reactive ketones (excluding diaryl/α,β-unsaturated/α-hetero) is 1. The molecule has 2 aromatic rings. The van der Waals surface area contributed by atoms with Crippen LogP contribution in [0.25, 0.3) is 0 Å². The summed E-state index contributed by atoms with van der Waals surface area (Å²) in [5.41, 5.74) is 1.34. The second-order valence-corrected chi connectivity index (χ2v) is 8.06. The quantitative estimate of drug-likeness (QED) is 0.474. The molecule has 1 aliphatic rings. The number of carbonyl (C=O) groups is 5. The Labute approximate surface area is 197 Å². The molecule has 0 saturated carbocycles. The lowest BCUT2D eigenvalue weighted by atomic mass is 10.1. The SMILES string of the molecule is CC(NC(=O)C1CCCN1C(=O)c1ccccc1)C(=O)NCC(=O)C(=O)NCc1ccccc1. The number of nitrogens with one attached hydrogen (secondary N) is 3. The summed E-state index contributed by atoms with van der Waals surface area (Å²) in [6, 6.07) is 16.2. The molecule has 9 nitrogen and oxygen atoms in total. The summed E-state index contributed by atoms with van der Waals surface area (Å²) >= 11 is 0. The van der Waals surface area contributed by atoms with Crippen LogP contribution in [-0.4, -0.2) is 59.5 Å². The van der Waals surface area contributed by atoms with Crippen molar-refractivity contribution in [1.29, 1.82) is 0 Å². The topological polar surface area (TPSA) is 125 Å². The van der Waals surface area contributed by atoms with Crippen LogP contribution in [0.3, 0.4) is 0 Å². The second-order valence-electron chi connectivity index (χ2n) is 8.06. The number of benzene rings is 2. The minimum atomic E-state index is -0.943. The third-order valence-electron chi connectivity index (χ3n) is 5.56. The molecule has 1 aliphatic heterocycles. The van der Waals surface area contributed by atoms with Crippen molar-refractivity contribution in [3.05, 3.63) is 71.8 Å². The molecule has 0 aromatic heterocycles. The summed E-state index contributed by atoms with van der Waals surface area (Å²) in [6.07, 6.45) is 1.18. The number of ketones is 1. The van der Waals surface area contributed by atoms with Crippen molar-refractivity contribution in [3.8, 4) is 0 Å². The molecule has 1 fully saturated rings. The molecule has 178 valence electrons. The third-order valence-corrected chi connectivity index (χ3v) is 5.56. The van der Waals surface area contributed by atoms with Crippen molar-refractivity contribution < 1.29 is 24.0 Å². The van der Waals surface area contributed by atoms with Gasteiger partial charge in [-0.2, -0.15) is 0 Å². The Morgan fingerprint density at radius 3 is 2.26 bits per heavy atom. The van der Waals surface area contributed by atoms with Crippen LogP contribution >= 0.6 is 0 Å². The predicted molar refractivity (Wildman–Crippen MR) is 124 cm³/mol. The van der Waals surface area contributed by atoms with Crippen molar-refractivity contribution in [3.63, 3.8) is 0 Å². The Bertz CT molecular complexity index is 1040. The van der Waals surface area contributed by atoms with E-state index in [0.29, 0.717) is 24.9 Å². The molecule has 2 aromatic carbocycles. The fraction of sp³-hybridized carbons (Fsp3) is 0.320. The van der Waals surface area contributed by atoms with Crippen LogP contribution < -0.4 is 16.0 Å². The zero-order valence-electron chi connectivity index (χ0n) is 19.0. The van der Waals surface area contributed by atoms with E-state index >= 15 is 0 Å². The Balaban J connectivity index is 1.45. The van der Waals surface area contributed by atoms with Crippen molar-refractivity contribution in [2.45, 2.75) is 38.4 Å². The summed E-state index contributed by atoms with van der Waals surface area (Å²) in [5, 5.41) is 7.48. The Kier molecular flexibility index (Phi) is 8.50. The molecular formula is C25H28N4O5. The summed E-state index contributed by atoms with van der Waals surface area (Å²) in [4.78, 5) is 63.3. The van der Waals surface area contributed by atoms with Crippen LogP contribution in [0, 0.1) is 0 Å². The van der Waals surface area contributed by atoms with E-state index in [1.54, 1.807) is 24.3 Å². The van der Waals surface area contributed by atoms with Crippen molar-refractivity contribution >= 4 is 29.4 Å². The molecule has 0 bridgehead atoms. The lowest BCUT2D eigenvalue weighted by Gasteiger charge is -2.25. The van der Waals surface area contributed by atoms with Gasteiger partial charge in [-0.25, -0.2) is 0 Å². The lowest BCUT2D eigenvalue weighted by Crippen LogP contribution is -2.52. The van der Waals surface area contributed by atoms with Crippen LogP contribution in [0.5, 0.6) is 0 Å². The van der Waals surface area contributed by atoms with Gasteiger partial charge in [0, 0.05) is 18.7 Å². The fourth-order valence-corrected chi connectivity index (χ4v) is 3.68. The summed E-state index contributed by atoms with van der Waals surface area (Å²) in [6.45, 7) is 1.65. The van der Waals surface area contributed by atoms with Crippen molar-refractivity contribution in [2.75, 3.05) is 13.1 Å². The highest BCUT2D eigenvalue weighted by Gasteiger charge is 2.35. The van der Waals surface area contributed by atoms with E-state index in [4.69, 9.17) is 0 Å². The number of amides is 4. The molecule has 0 aliphatic carbocycles. The maximum Gasteiger partial charge on any atom is 0.289 e. The highest BCUT2D eigenvalue weighted by Crippen LogP contribution is 2.20. The van der Waals surface area contributed by atoms with Gasteiger partial charge in [0.15, 0.2) is 0 Å². The van der Waals surface area contributed by atoms with Gasteiger partial charge < -0.3 is 20.9 Å². The van der Waals surface area contributed by atoms with Crippen LogP contribution in [-0.2, 0) is 25.7 Å². The zero-order valence-corrected chi connectivity index (χ0v) is 19.0. The van der Waals surface area contributed by atoms with Crippen molar-refractivity contribution in [2.24, 2.45) is 0 Å². The van der Waals surface area contributed by atoms with Crippen LogP contribution in [0.4, 0.5) is 0 Å². The van der Waals surface area contributed by atoms with E-state index in [1.807, 2.05) is 36.4 Å². The number of hydrogen-bond donors (Lipinski definition) is 3. The van der Waals surface area contributed by atoms with Gasteiger partial charge in [-0.05, 0) is 37.5 Å². The molecule has 3 rings (SSSR count). The van der Waals surface area contributed by atoms with Gasteiger partial charge in [0.05, 0.1) is 6.54 Å². The van der Waals surface area contributed by atoms with Gasteiger partial charge in [0.1, 0.15) is 12.1 Å². The van der Waals surface area contributed by atoms with Crippen LogP contribution in [0.15, 0.2) is 60.7 Å². The number of rotatable bonds is 9. The van der Waals surface area contributed by atoms with Gasteiger partial charge in [0.25, 0.3) is 11.8 Å². The first kappa shape index (κ1) is 24.6. The average molecular weight is 465 g/mol. The Hall–Kier alpha value is -4.01. The molecular weight excluding hydrogens is 436 g/mol. The van der Waals surface area contributed by atoms with E-state index in [9.17, 15) is 24.0 Å². The van der Waals surface area contributed by atoms with Crippen LogP contribution in [0.1, 0.15) is 35.7 Å². The van der Waals surface area contributed by atoms with Crippen molar-refractivity contribution in [1.82, 2.24) is 20.9 Å². The second kappa shape index (κ2) is 11.7. The summed E-state index contributed by atoms with van der Waals surface area (Å²) < 4.78 is 0. The molecule has 1 saturated heterocycles. The van der Waals surface area contributed by atoms with Crippen LogP contribution in [0.2, 0.25) is 0 Å². The molecule has 0 radical (unpaired) electrons. The highest BCUT2D eigenvalue weighted by molar-refractivity contribution is 6.37. The predicted octanol–water partition coefficient (Wildman–Crippen LogP) is 0.798. The van der Waals surface area contributed by atoms with E-state index < -0.39 is 42.1 Å². The minimum Gasteiger partial charge on any atom is -0.347 e. The normalized spacial score (nSPS) is 15.8. The summed E-state index contributed by atoms with van der Waals surface area (Å²) in [5.74, 6) is -2.87. The Morgan fingerprint density at radius 2 is 1.59 bits per heavy atom. The molecule has 2 unspecified atom stereocenters. The largest absolute Gasteiger partial charge is 0.347 e. The van der Waals surface area contributed by atoms with Gasteiger partial charge >= 0.3 is 0 Å². The molecule has 0 spiro atoms. The zero-order chi connectivity index (χ0) is 24.5. The van der Waals surface area contributed by atoms with E-state index in [-0.39, 0.29) is 12.5 Å². The third kappa shape index (κ3) is 6.50. The number of likely N-dealkylation sites (tertiary alicyclic amines) is 1. The Morgan fingerprint density at radius 1 is 0.941 bits per heavy atom. The first-order chi connectivity index (χ1) is 16.4. The lowest BCUT2D eigenvalue weighted by molar-refractivity contribution is -0.138. The standard InChI is InChI=1S/C25H28N4O5/c1-17(22(31)27-16-21(30)24(33)26-15-18-9-4-2-5-10-18)28-23(32)20-13-8-14-29(20)25(34)19-11-6-3-7-12-19/h2-7,9-12,17,20H,8,13-16H2,1H3,(H,26,33)(H,27,31)(H,28,32). The first-order valence-electron chi connectivity index (χ1n) is 11.2. The molecule has 3 N–H and O–H groups in total. The maximum atomic E-state index is 12.8. The summed E-state index contributed by atoms with van der Waals surface area (Å²) in [7, 11) is 0. The first-order valence-corrected chi connectivity index (χ1v) is 11.2. The monoisotopic (exact) mass is 464 g/mol. The average Bonchev–Trinajstić information content (AvgIpc) is 3.36. The molecule has 9 heteroatoms. The smallest absolute Gasteiger partial charge is 0.289 e. The number of carbonyl (C=O) groups excluding carboxylic acids is 5. The van der Waals surface area contributed by atoms with Gasteiger partial charge in [-0.1, -0.05) is 48.5 Å². The van der Waals surface area contributed by atoms with E-state index in [0.717, 1.165) is 5.56 Å².